The summed E-state index contributed by atoms with van der Waals surface area (Å²) < 4.78 is 3.80. The molecule has 0 fully saturated rings. The molecule has 0 aliphatic carbocycles. The van der Waals surface area contributed by atoms with E-state index in [0.717, 1.165) is 5.56 Å². The Morgan fingerprint density at radius 3 is 2.37 bits per heavy atom. The van der Waals surface area contributed by atoms with Crippen LogP contribution in [-0.4, -0.2) is 41.1 Å². The number of methoxy groups -OCH3 is 1. The third kappa shape index (κ3) is 2.28. The molecule has 5 nitrogen and oxygen atoms in total. The first-order chi connectivity index (χ1) is 8.87. The molecule has 0 radical (unpaired) electrons. The number of hydrogen-bond donors (Lipinski definition) is 0. The Morgan fingerprint density at radius 2 is 1.95 bits per heavy atom. The van der Waals surface area contributed by atoms with Crippen molar-refractivity contribution in [3.63, 3.8) is 0 Å². The van der Waals surface area contributed by atoms with Crippen LogP contribution in [-0.2, 0) is 9.53 Å². The maximum atomic E-state index is 11.9. The molecule has 1 amide bonds. The van der Waals surface area contributed by atoms with Gasteiger partial charge in [-0.15, -0.1) is 0 Å². The van der Waals surface area contributed by atoms with Crippen LogP contribution in [0, 0.1) is 0 Å². The third-order valence-electron chi connectivity index (χ3n) is 2.97. The average Bonchev–Trinajstić information content (AvgIpc) is 2.61. The van der Waals surface area contributed by atoms with Gasteiger partial charge in [-0.2, -0.15) is 5.10 Å². The van der Waals surface area contributed by atoms with Gasteiger partial charge in [-0.3, -0.25) is 4.79 Å². The van der Waals surface area contributed by atoms with Gasteiger partial charge in [0.1, 0.15) is 4.32 Å². The Balaban J connectivity index is 2.36. The molecule has 19 heavy (non-hydrogen) atoms. The van der Waals surface area contributed by atoms with E-state index in [2.05, 4.69) is 25.8 Å². The second-order valence-electron chi connectivity index (χ2n) is 4.35. The summed E-state index contributed by atoms with van der Waals surface area (Å²) in [6, 6.07) is 6.79. The average molecular weight is 325 g/mol. The Hall–Kier alpha value is -1.69. The monoisotopic (exact) mass is 324 g/mol. The van der Waals surface area contributed by atoms with Crippen LogP contribution in [0.4, 0.5) is 0 Å². The minimum absolute atomic E-state index is 0.125. The van der Waals surface area contributed by atoms with Crippen molar-refractivity contribution in [1.29, 1.82) is 0 Å². The number of alkyl halides is 1. The van der Waals surface area contributed by atoms with E-state index in [-0.39, 0.29) is 5.91 Å². The number of benzene rings is 1. The molecule has 1 unspecified atom stereocenters. The molecular weight excluding hydrogens is 312 g/mol. The number of amides is 1. The molecule has 100 valence electrons. The first kappa shape index (κ1) is 13.7. The van der Waals surface area contributed by atoms with E-state index in [0.29, 0.717) is 11.3 Å². The van der Waals surface area contributed by atoms with E-state index < -0.39 is 10.3 Å². The lowest BCUT2D eigenvalue weighted by Gasteiger charge is -2.15. The van der Waals surface area contributed by atoms with Gasteiger partial charge in [-0.25, -0.2) is 9.80 Å². The van der Waals surface area contributed by atoms with Gasteiger partial charge in [0.2, 0.25) is 0 Å². The molecule has 2 rings (SSSR count). The number of carbonyl (C=O) groups excluding carboxylic acids is 2. The summed E-state index contributed by atoms with van der Waals surface area (Å²) in [5, 5.41) is 5.53. The Labute approximate surface area is 119 Å². The molecule has 1 aromatic rings. The highest BCUT2D eigenvalue weighted by atomic mass is 79.9. The van der Waals surface area contributed by atoms with E-state index in [1.165, 1.54) is 12.1 Å². The number of ether oxygens (including phenoxy) is 1. The van der Waals surface area contributed by atoms with Gasteiger partial charge in [-0.05, 0) is 24.6 Å². The van der Waals surface area contributed by atoms with Crippen molar-refractivity contribution in [1.82, 2.24) is 5.01 Å². The summed E-state index contributed by atoms with van der Waals surface area (Å²) in [6.45, 7) is 1.76. The number of esters is 1. The van der Waals surface area contributed by atoms with Gasteiger partial charge in [0.25, 0.3) is 5.91 Å². The van der Waals surface area contributed by atoms with Gasteiger partial charge in [-0.1, -0.05) is 28.1 Å². The number of carbonyl (C=O) groups is 2. The maximum absolute atomic E-state index is 11.9. The van der Waals surface area contributed by atoms with Crippen LogP contribution in [0.15, 0.2) is 29.4 Å². The lowest BCUT2D eigenvalue weighted by molar-refractivity contribution is -0.128. The fourth-order valence-corrected chi connectivity index (χ4v) is 2.47. The Bertz CT molecular complexity index is 564. The predicted octanol–water partition coefficient (Wildman–Crippen LogP) is 1.80. The van der Waals surface area contributed by atoms with Crippen LogP contribution in [0.1, 0.15) is 22.8 Å². The van der Waals surface area contributed by atoms with E-state index >= 15 is 0 Å². The van der Waals surface area contributed by atoms with Crippen molar-refractivity contribution >= 4 is 33.5 Å². The van der Waals surface area contributed by atoms with Crippen molar-refractivity contribution < 1.29 is 14.3 Å². The Morgan fingerprint density at radius 1 is 1.37 bits per heavy atom. The van der Waals surface area contributed by atoms with Crippen molar-refractivity contribution in [2.45, 2.75) is 11.2 Å². The summed E-state index contributed by atoms with van der Waals surface area (Å²) in [5.41, 5.74) is 1.86. The van der Waals surface area contributed by atoms with Gasteiger partial charge in [0.05, 0.1) is 18.4 Å². The first-order valence-electron chi connectivity index (χ1n) is 5.63. The number of hydrazone groups is 1. The van der Waals surface area contributed by atoms with Crippen molar-refractivity contribution in [2.24, 2.45) is 5.10 Å². The van der Waals surface area contributed by atoms with Crippen LogP contribution < -0.4 is 0 Å². The normalized spacial score (nSPS) is 22.4. The second kappa shape index (κ2) is 4.77. The number of nitrogens with zero attached hydrogens (tertiary/aromatic N) is 2. The van der Waals surface area contributed by atoms with Crippen molar-refractivity contribution in [3.8, 4) is 0 Å². The highest BCUT2D eigenvalue weighted by molar-refractivity contribution is 9.10. The summed E-state index contributed by atoms with van der Waals surface area (Å²) in [6.07, 6.45) is 0. The molecule has 1 atom stereocenters. The lowest BCUT2D eigenvalue weighted by atomic mass is 9.97. The molecule has 0 N–H and O–H groups in total. The number of hydrogen-bond acceptors (Lipinski definition) is 4. The quantitative estimate of drug-likeness (QED) is 0.615. The van der Waals surface area contributed by atoms with Gasteiger partial charge < -0.3 is 4.74 Å². The smallest absolute Gasteiger partial charge is 0.337 e. The lowest BCUT2D eigenvalue weighted by Crippen LogP contribution is -2.37. The zero-order valence-electron chi connectivity index (χ0n) is 10.8. The summed E-state index contributed by atoms with van der Waals surface area (Å²) in [4.78, 5) is 23.3. The molecule has 1 aliphatic rings. The van der Waals surface area contributed by atoms with E-state index in [4.69, 9.17) is 0 Å². The molecule has 0 bridgehead atoms. The standard InChI is InChI=1S/C13H13BrN2O3/c1-13(14)10(15-16(2)12(13)18)8-4-6-9(7-5-8)11(17)19-3/h4-7H,1-3H3. The van der Waals surface area contributed by atoms with E-state index in [9.17, 15) is 9.59 Å². The third-order valence-corrected chi connectivity index (χ3v) is 3.68. The zero-order chi connectivity index (χ0) is 14.2. The zero-order valence-corrected chi connectivity index (χ0v) is 12.4. The molecule has 1 aliphatic heterocycles. The highest BCUT2D eigenvalue weighted by Gasteiger charge is 2.44. The van der Waals surface area contributed by atoms with E-state index in [1.807, 2.05) is 0 Å². The van der Waals surface area contributed by atoms with Crippen LogP contribution in [0.2, 0.25) is 0 Å². The molecule has 0 saturated carbocycles. The van der Waals surface area contributed by atoms with Crippen LogP contribution in [0.3, 0.4) is 0 Å². The first-order valence-corrected chi connectivity index (χ1v) is 6.42. The summed E-state index contributed by atoms with van der Waals surface area (Å²) in [5.74, 6) is -0.519. The SMILES string of the molecule is COC(=O)c1ccc(C2=NN(C)C(=O)C2(C)Br)cc1. The second-order valence-corrected chi connectivity index (χ2v) is 5.94. The fourth-order valence-electron chi connectivity index (χ4n) is 1.91. The highest BCUT2D eigenvalue weighted by Crippen LogP contribution is 2.31. The molecule has 0 saturated heterocycles. The minimum Gasteiger partial charge on any atom is -0.465 e. The topological polar surface area (TPSA) is 59.0 Å². The fraction of sp³-hybridized carbons (Fsp3) is 0.308. The number of rotatable bonds is 2. The van der Waals surface area contributed by atoms with Crippen molar-refractivity contribution in [3.05, 3.63) is 35.4 Å². The molecule has 1 heterocycles. The summed E-state index contributed by atoms with van der Waals surface area (Å²) in [7, 11) is 2.94. The van der Waals surface area contributed by atoms with Gasteiger partial charge in [0, 0.05) is 7.05 Å². The van der Waals surface area contributed by atoms with Crippen LogP contribution >= 0.6 is 15.9 Å². The van der Waals surface area contributed by atoms with Crippen LogP contribution in [0.25, 0.3) is 0 Å². The molecule has 0 spiro atoms. The van der Waals surface area contributed by atoms with E-state index in [1.54, 1.807) is 38.2 Å². The van der Waals surface area contributed by atoms with Crippen molar-refractivity contribution in [2.75, 3.05) is 14.2 Å². The minimum atomic E-state index is -0.839. The van der Waals surface area contributed by atoms with Crippen LogP contribution in [0.5, 0.6) is 0 Å². The molecular formula is C13H13BrN2O3. The summed E-state index contributed by atoms with van der Waals surface area (Å²) >= 11 is 3.40. The molecule has 0 aromatic heterocycles. The van der Waals surface area contributed by atoms with Gasteiger partial charge >= 0.3 is 5.97 Å². The largest absolute Gasteiger partial charge is 0.465 e. The molecule has 6 heteroatoms. The Kier molecular flexibility index (Phi) is 3.45. The number of halogens is 1. The molecule has 1 aromatic carbocycles. The maximum Gasteiger partial charge on any atom is 0.337 e. The predicted molar refractivity (Wildman–Crippen MR) is 74.4 cm³/mol. The van der Waals surface area contributed by atoms with Gasteiger partial charge in [0.15, 0.2) is 0 Å².